The third kappa shape index (κ3) is 7.88. The number of piperidine rings is 1. The molecule has 7 nitrogen and oxygen atoms in total. The summed E-state index contributed by atoms with van der Waals surface area (Å²) in [4.78, 5) is 6.41. The fraction of sp³-hybridized carbons (Fsp3) is 0.368. The first-order chi connectivity index (χ1) is 23.2. The highest BCUT2D eigenvalue weighted by molar-refractivity contribution is 6.35. The van der Waals surface area contributed by atoms with Crippen LogP contribution < -0.4 is 19.9 Å². The van der Waals surface area contributed by atoms with Crippen molar-refractivity contribution in [3.8, 4) is 34.4 Å². The minimum atomic E-state index is -1.04. The van der Waals surface area contributed by atoms with E-state index < -0.39 is 5.67 Å². The minimum absolute atomic E-state index is 0.214. The Morgan fingerprint density at radius 2 is 1.81 bits per heavy atom. The van der Waals surface area contributed by atoms with Gasteiger partial charge in [-0.05, 0) is 73.9 Å². The lowest BCUT2D eigenvalue weighted by atomic mass is 9.96. The van der Waals surface area contributed by atoms with Crippen LogP contribution in [0.4, 0.5) is 4.39 Å². The van der Waals surface area contributed by atoms with Crippen LogP contribution in [-0.2, 0) is 19.6 Å². The van der Waals surface area contributed by atoms with E-state index in [1.54, 1.807) is 31.3 Å². The summed E-state index contributed by atoms with van der Waals surface area (Å²) < 4.78 is 32.9. The fourth-order valence-corrected chi connectivity index (χ4v) is 6.95. The Balaban J connectivity index is 1.14. The number of hydrogen-bond donors (Lipinski definition) is 1. The number of hydrogen-bond acceptors (Lipinski definition) is 7. The highest BCUT2D eigenvalue weighted by atomic mass is 35.5. The molecule has 10 heteroatoms. The van der Waals surface area contributed by atoms with Gasteiger partial charge < -0.3 is 24.8 Å². The molecule has 48 heavy (non-hydrogen) atoms. The van der Waals surface area contributed by atoms with Crippen LogP contribution in [0, 0.1) is 11.3 Å². The lowest BCUT2D eigenvalue weighted by Gasteiger charge is -2.34. The summed E-state index contributed by atoms with van der Waals surface area (Å²) in [6, 6.07) is 19.5. The normalized spacial score (nSPS) is 17.0. The fourth-order valence-electron chi connectivity index (χ4n) is 6.44. The molecule has 1 atom stereocenters. The number of aromatic nitrogens is 1. The Bertz CT molecular complexity index is 1800. The lowest BCUT2D eigenvalue weighted by Crippen LogP contribution is -2.40. The monoisotopic (exact) mass is 688 g/mol. The largest absolute Gasteiger partial charge is 0.492 e. The number of halogens is 3. The molecule has 0 spiro atoms. The SMILES string of the molecule is CC1(F)CCN(CCCOc2cccc(-c3cccc4c3CC[C@@H]4Oc3cc(OCc4cncc(C#N)c4)c(CN)cc3Cl)c2Cl)CC1. The molecule has 1 aromatic heterocycles. The molecule has 1 saturated heterocycles. The summed E-state index contributed by atoms with van der Waals surface area (Å²) in [7, 11) is 0. The second-order valence-electron chi connectivity index (χ2n) is 12.7. The van der Waals surface area contributed by atoms with E-state index in [2.05, 4.69) is 28.1 Å². The van der Waals surface area contributed by atoms with Crippen LogP contribution in [0.3, 0.4) is 0 Å². The van der Waals surface area contributed by atoms with Crippen molar-refractivity contribution in [2.45, 2.75) is 64.0 Å². The molecule has 0 radical (unpaired) electrons. The van der Waals surface area contributed by atoms with E-state index in [1.165, 1.54) is 11.8 Å². The smallest absolute Gasteiger partial charge is 0.142 e. The van der Waals surface area contributed by atoms with Crippen molar-refractivity contribution < 1.29 is 18.6 Å². The number of nitriles is 1. The van der Waals surface area contributed by atoms with Crippen LogP contribution in [0.25, 0.3) is 11.1 Å². The van der Waals surface area contributed by atoms with E-state index in [0.29, 0.717) is 52.3 Å². The molecule has 2 aliphatic rings. The third-order valence-electron chi connectivity index (χ3n) is 9.17. The Morgan fingerprint density at radius 3 is 2.60 bits per heavy atom. The van der Waals surface area contributed by atoms with E-state index >= 15 is 0 Å². The summed E-state index contributed by atoms with van der Waals surface area (Å²) >= 11 is 13.6. The van der Waals surface area contributed by atoms with Gasteiger partial charge in [-0.25, -0.2) is 4.39 Å². The molecular formula is C38H39Cl2FN4O3. The van der Waals surface area contributed by atoms with Crippen molar-refractivity contribution in [1.29, 1.82) is 5.26 Å². The second-order valence-corrected chi connectivity index (χ2v) is 13.5. The topological polar surface area (TPSA) is 93.6 Å². The van der Waals surface area contributed by atoms with Crippen LogP contribution >= 0.6 is 23.2 Å². The molecule has 0 amide bonds. The number of rotatable bonds is 12. The number of likely N-dealkylation sites (tertiary alicyclic amines) is 1. The molecule has 250 valence electrons. The molecule has 6 rings (SSSR count). The molecular weight excluding hydrogens is 650 g/mol. The Kier molecular flexibility index (Phi) is 10.7. The van der Waals surface area contributed by atoms with Gasteiger partial charge in [-0.3, -0.25) is 4.98 Å². The van der Waals surface area contributed by atoms with Crippen molar-refractivity contribution in [2.75, 3.05) is 26.2 Å². The number of pyridine rings is 1. The Morgan fingerprint density at radius 1 is 1.02 bits per heavy atom. The second kappa shape index (κ2) is 15.1. The summed E-state index contributed by atoms with van der Waals surface area (Å²) in [6.07, 6.45) is 6.55. The van der Waals surface area contributed by atoms with E-state index in [9.17, 15) is 9.65 Å². The summed E-state index contributed by atoms with van der Waals surface area (Å²) in [5.41, 5.74) is 11.2. The van der Waals surface area contributed by atoms with E-state index in [1.807, 2.05) is 24.3 Å². The van der Waals surface area contributed by atoms with Gasteiger partial charge in [-0.15, -0.1) is 0 Å². The third-order valence-corrected chi connectivity index (χ3v) is 9.85. The molecule has 1 aliphatic carbocycles. The summed E-state index contributed by atoms with van der Waals surface area (Å²) in [5.74, 6) is 1.73. The average Bonchev–Trinajstić information content (AvgIpc) is 3.51. The molecule has 2 N–H and O–H groups in total. The van der Waals surface area contributed by atoms with Crippen LogP contribution in [0.5, 0.6) is 17.2 Å². The van der Waals surface area contributed by atoms with Gasteiger partial charge in [0, 0.05) is 61.3 Å². The van der Waals surface area contributed by atoms with Gasteiger partial charge >= 0.3 is 0 Å². The van der Waals surface area contributed by atoms with Crippen molar-refractivity contribution in [1.82, 2.24) is 9.88 Å². The maximum absolute atomic E-state index is 14.1. The number of fused-ring (bicyclic) bond motifs is 1. The van der Waals surface area contributed by atoms with Crippen LogP contribution in [0.2, 0.25) is 10.0 Å². The number of ether oxygens (including phenoxy) is 3. The van der Waals surface area contributed by atoms with E-state index in [0.717, 1.165) is 66.7 Å². The maximum Gasteiger partial charge on any atom is 0.142 e. The number of alkyl halides is 1. The van der Waals surface area contributed by atoms with Gasteiger partial charge in [0.15, 0.2) is 0 Å². The number of nitrogens with zero attached hydrogens (tertiary/aromatic N) is 3. The first kappa shape index (κ1) is 34.0. The maximum atomic E-state index is 14.1. The zero-order chi connectivity index (χ0) is 33.7. The van der Waals surface area contributed by atoms with Gasteiger partial charge in [-0.1, -0.05) is 53.5 Å². The molecule has 3 aromatic carbocycles. The lowest BCUT2D eigenvalue weighted by molar-refractivity contribution is 0.0715. The zero-order valence-corrected chi connectivity index (χ0v) is 28.5. The van der Waals surface area contributed by atoms with Gasteiger partial charge in [0.1, 0.15) is 41.7 Å². The van der Waals surface area contributed by atoms with E-state index in [4.69, 9.17) is 43.1 Å². The molecule has 0 saturated carbocycles. The van der Waals surface area contributed by atoms with Gasteiger partial charge in [-0.2, -0.15) is 5.26 Å². The summed E-state index contributed by atoms with van der Waals surface area (Å²) in [5, 5.41) is 10.2. The number of nitrogens with two attached hydrogens (primary N) is 1. The van der Waals surface area contributed by atoms with Crippen LogP contribution in [-0.4, -0.2) is 41.8 Å². The Hall–Kier alpha value is -3.87. The molecule has 1 aliphatic heterocycles. The van der Waals surface area contributed by atoms with Gasteiger partial charge in [0.25, 0.3) is 0 Å². The van der Waals surface area contributed by atoms with Gasteiger partial charge in [0.05, 0.1) is 22.2 Å². The van der Waals surface area contributed by atoms with Gasteiger partial charge in [0.2, 0.25) is 0 Å². The zero-order valence-electron chi connectivity index (χ0n) is 27.0. The number of benzene rings is 3. The van der Waals surface area contributed by atoms with Crippen LogP contribution in [0.15, 0.2) is 67.0 Å². The predicted octanol–water partition coefficient (Wildman–Crippen LogP) is 8.62. The quantitative estimate of drug-likeness (QED) is 0.149. The highest BCUT2D eigenvalue weighted by Crippen LogP contribution is 2.45. The standard InChI is InChI=1S/C38H39Cl2FN4O3/c1-38(41)11-14-45(15-12-38)13-4-16-46-34-8-3-7-31(37(34)40)28-5-2-6-30-29(28)9-10-33(30)48-36-19-35(27(21-43)18-32(36)39)47-24-26-17-25(20-42)22-44-23-26/h2-3,5-8,17-19,22-23,33H,4,9-16,21,24,43H2,1H3/t33-/m0/s1. The first-order valence-electron chi connectivity index (χ1n) is 16.4. The van der Waals surface area contributed by atoms with Crippen molar-refractivity contribution in [2.24, 2.45) is 5.73 Å². The molecule has 2 heterocycles. The first-order valence-corrected chi connectivity index (χ1v) is 17.1. The molecule has 0 unspecified atom stereocenters. The minimum Gasteiger partial charge on any atom is -0.492 e. The van der Waals surface area contributed by atoms with Crippen LogP contribution in [0.1, 0.15) is 66.5 Å². The average molecular weight is 690 g/mol. The molecule has 4 aromatic rings. The van der Waals surface area contributed by atoms with Crippen molar-refractivity contribution in [3.05, 3.63) is 105 Å². The molecule has 1 fully saturated rings. The van der Waals surface area contributed by atoms with E-state index in [-0.39, 0.29) is 19.3 Å². The Labute approximate surface area is 291 Å². The molecule has 0 bridgehead atoms. The van der Waals surface area contributed by atoms with Crippen molar-refractivity contribution in [3.63, 3.8) is 0 Å². The predicted molar refractivity (Wildman–Crippen MR) is 187 cm³/mol. The summed E-state index contributed by atoms with van der Waals surface area (Å²) in [6.45, 7) is 5.13. The highest BCUT2D eigenvalue weighted by Gasteiger charge is 2.30. The van der Waals surface area contributed by atoms with Crippen molar-refractivity contribution >= 4 is 23.2 Å².